The molecule has 2 aromatic carbocycles. The fraction of sp³-hybridized carbons (Fsp3) is 0.278. The van der Waals surface area contributed by atoms with Gasteiger partial charge in [-0.05, 0) is 36.2 Å². The van der Waals surface area contributed by atoms with Crippen LogP contribution < -0.4 is 10.1 Å². The second-order valence-corrected chi connectivity index (χ2v) is 7.98. The number of sulfonamides is 1. The normalized spacial score (nSPS) is 14.1. The summed E-state index contributed by atoms with van der Waals surface area (Å²) in [6, 6.07) is 12.1. The van der Waals surface area contributed by atoms with E-state index in [1.54, 1.807) is 32.4 Å². The molecule has 25 heavy (non-hydrogen) atoms. The zero-order valence-electron chi connectivity index (χ0n) is 14.2. The topological polar surface area (TPSA) is 75.7 Å². The zero-order chi connectivity index (χ0) is 18.0. The van der Waals surface area contributed by atoms with Gasteiger partial charge < -0.3 is 10.1 Å². The van der Waals surface area contributed by atoms with Crippen molar-refractivity contribution in [3.8, 4) is 5.75 Å². The fourth-order valence-corrected chi connectivity index (χ4v) is 4.06. The van der Waals surface area contributed by atoms with Crippen molar-refractivity contribution in [2.24, 2.45) is 0 Å². The highest BCUT2D eigenvalue weighted by Gasteiger charge is 2.24. The Labute approximate surface area is 147 Å². The minimum Gasteiger partial charge on any atom is -0.496 e. The molecule has 1 N–H and O–H groups in total. The van der Waals surface area contributed by atoms with Crippen LogP contribution in [0.5, 0.6) is 5.75 Å². The summed E-state index contributed by atoms with van der Waals surface area (Å²) in [7, 11) is -0.539. The molecule has 0 radical (unpaired) electrons. The Kier molecular flexibility index (Phi) is 4.78. The first-order valence-corrected chi connectivity index (χ1v) is 9.37. The number of fused-ring (bicyclic) bond motifs is 1. The van der Waals surface area contributed by atoms with Crippen LogP contribution >= 0.6 is 0 Å². The Morgan fingerprint density at radius 2 is 1.92 bits per heavy atom. The van der Waals surface area contributed by atoms with Gasteiger partial charge in [0.25, 0.3) is 0 Å². The SMILES string of the molecule is COc1ccccc1CN(C)S(=O)(=O)c1ccc2c(c1)CCC(=O)N2. The minimum atomic E-state index is -3.64. The number of hydrogen-bond acceptors (Lipinski definition) is 4. The summed E-state index contributed by atoms with van der Waals surface area (Å²) < 4.78 is 32.4. The number of anilines is 1. The highest BCUT2D eigenvalue weighted by molar-refractivity contribution is 7.89. The summed E-state index contributed by atoms with van der Waals surface area (Å²) in [5.41, 5.74) is 2.32. The number of ether oxygens (including phenoxy) is 1. The molecule has 0 bridgehead atoms. The number of nitrogens with one attached hydrogen (secondary N) is 1. The average Bonchev–Trinajstić information content (AvgIpc) is 2.61. The Hall–Kier alpha value is -2.38. The highest BCUT2D eigenvalue weighted by atomic mass is 32.2. The van der Waals surface area contributed by atoms with Crippen molar-refractivity contribution in [3.05, 3.63) is 53.6 Å². The van der Waals surface area contributed by atoms with Gasteiger partial charge in [-0.3, -0.25) is 4.79 Å². The molecule has 0 aliphatic carbocycles. The first kappa shape index (κ1) is 17.4. The van der Waals surface area contributed by atoms with Crippen LogP contribution in [0.1, 0.15) is 17.5 Å². The minimum absolute atomic E-state index is 0.0450. The predicted molar refractivity (Wildman–Crippen MR) is 95.0 cm³/mol. The standard InChI is InChI=1S/C18H20N2O4S/c1-20(12-14-5-3-4-6-17(14)24-2)25(22,23)15-8-9-16-13(11-15)7-10-18(21)19-16/h3-6,8-9,11H,7,10,12H2,1-2H3,(H,19,21). The second kappa shape index (κ2) is 6.85. The van der Waals surface area contributed by atoms with Crippen molar-refractivity contribution in [1.82, 2.24) is 4.31 Å². The molecule has 7 heteroatoms. The Morgan fingerprint density at radius 3 is 2.68 bits per heavy atom. The van der Waals surface area contributed by atoms with E-state index in [-0.39, 0.29) is 17.3 Å². The summed E-state index contributed by atoms with van der Waals surface area (Å²) in [5, 5.41) is 2.76. The van der Waals surface area contributed by atoms with E-state index in [1.807, 2.05) is 18.2 Å². The van der Waals surface area contributed by atoms with Gasteiger partial charge in [-0.15, -0.1) is 0 Å². The van der Waals surface area contributed by atoms with Crippen LogP contribution in [0.4, 0.5) is 5.69 Å². The maximum absolute atomic E-state index is 12.9. The molecule has 0 fully saturated rings. The Morgan fingerprint density at radius 1 is 1.16 bits per heavy atom. The quantitative estimate of drug-likeness (QED) is 0.888. The number of rotatable bonds is 5. The molecule has 0 saturated heterocycles. The third-order valence-electron chi connectivity index (χ3n) is 4.27. The lowest BCUT2D eigenvalue weighted by Gasteiger charge is -2.21. The lowest BCUT2D eigenvalue weighted by Crippen LogP contribution is -2.27. The fourth-order valence-electron chi connectivity index (χ4n) is 2.86. The molecule has 0 atom stereocenters. The molecular weight excluding hydrogens is 340 g/mol. The van der Waals surface area contributed by atoms with Crippen LogP contribution in [0.2, 0.25) is 0 Å². The van der Waals surface area contributed by atoms with E-state index in [4.69, 9.17) is 4.74 Å². The van der Waals surface area contributed by atoms with Gasteiger partial charge in [-0.25, -0.2) is 8.42 Å². The van der Waals surface area contributed by atoms with Gasteiger partial charge >= 0.3 is 0 Å². The number of carbonyl (C=O) groups excluding carboxylic acids is 1. The predicted octanol–water partition coefficient (Wildman–Crippen LogP) is 2.40. The Bertz CT molecular complexity index is 909. The Balaban J connectivity index is 1.87. The van der Waals surface area contributed by atoms with Crippen molar-refractivity contribution in [1.29, 1.82) is 0 Å². The van der Waals surface area contributed by atoms with E-state index in [2.05, 4.69) is 5.32 Å². The molecule has 1 amide bonds. The van der Waals surface area contributed by atoms with Crippen molar-refractivity contribution >= 4 is 21.6 Å². The largest absolute Gasteiger partial charge is 0.496 e. The van der Waals surface area contributed by atoms with E-state index in [1.165, 1.54) is 10.4 Å². The second-order valence-electron chi connectivity index (χ2n) is 5.94. The molecule has 0 spiro atoms. The van der Waals surface area contributed by atoms with E-state index < -0.39 is 10.0 Å². The van der Waals surface area contributed by atoms with Crippen molar-refractivity contribution in [2.75, 3.05) is 19.5 Å². The van der Waals surface area contributed by atoms with Gasteiger partial charge in [-0.1, -0.05) is 18.2 Å². The lowest BCUT2D eigenvalue weighted by molar-refractivity contribution is -0.116. The lowest BCUT2D eigenvalue weighted by atomic mass is 10.0. The molecular formula is C18H20N2O4S. The first-order chi connectivity index (χ1) is 11.9. The molecule has 132 valence electrons. The van der Waals surface area contributed by atoms with E-state index in [9.17, 15) is 13.2 Å². The molecule has 1 aliphatic heterocycles. The molecule has 2 aromatic rings. The number of methoxy groups -OCH3 is 1. The first-order valence-electron chi connectivity index (χ1n) is 7.93. The summed E-state index contributed by atoms with van der Waals surface area (Å²) in [6.07, 6.45) is 0.911. The van der Waals surface area contributed by atoms with E-state index >= 15 is 0 Å². The molecule has 0 aromatic heterocycles. The van der Waals surface area contributed by atoms with Gasteiger partial charge in [-0.2, -0.15) is 4.31 Å². The monoisotopic (exact) mass is 360 g/mol. The van der Waals surface area contributed by atoms with Gasteiger partial charge in [0.1, 0.15) is 5.75 Å². The van der Waals surface area contributed by atoms with Gasteiger partial charge in [0, 0.05) is 31.3 Å². The summed E-state index contributed by atoms with van der Waals surface area (Å²) in [6.45, 7) is 0.208. The number of hydrogen-bond donors (Lipinski definition) is 1. The van der Waals surface area contributed by atoms with Gasteiger partial charge in [0.2, 0.25) is 15.9 Å². The summed E-state index contributed by atoms with van der Waals surface area (Å²) in [4.78, 5) is 11.7. The number of benzene rings is 2. The van der Waals surface area contributed by atoms with Crippen LogP contribution in [0, 0.1) is 0 Å². The number of amides is 1. The molecule has 1 heterocycles. The van der Waals surface area contributed by atoms with E-state index in [0.29, 0.717) is 24.3 Å². The molecule has 6 nitrogen and oxygen atoms in total. The third-order valence-corrected chi connectivity index (χ3v) is 6.07. The van der Waals surface area contributed by atoms with Crippen LogP contribution in [-0.4, -0.2) is 32.8 Å². The van der Waals surface area contributed by atoms with Crippen molar-refractivity contribution in [3.63, 3.8) is 0 Å². The maximum Gasteiger partial charge on any atom is 0.243 e. The molecule has 1 aliphatic rings. The van der Waals surface area contributed by atoms with Crippen LogP contribution in [-0.2, 0) is 27.8 Å². The molecule has 0 saturated carbocycles. The van der Waals surface area contributed by atoms with Crippen LogP contribution in [0.3, 0.4) is 0 Å². The van der Waals surface area contributed by atoms with Crippen molar-refractivity contribution in [2.45, 2.75) is 24.3 Å². The zero-order valence-corrected chi connectivity index (χ0v) is 15.0. The number of para-hydroxylation sites is 1. The van der Waals surface area contributed by atoms with Gasteiger partial charge in [0.15, 0.2) is 0 Å². The highest BCUT2D eigenvalue weighted by Crippen LogP contribution is 2.28. The average molecular weight is 360 g/mol. The van der Waals surface area contributed by atoms with Crippen molar-refractivity contribution < 1.29 is 17.9 Å². The molecule has 3 rings (SSSR count). The number of nitrogens with zero attached hydrogens (tertiary/aromatic N) is 1. The van der Waals surface area contributed by atoms with E-state index in [0.717, 1.165) is 11.1 Å². The van der Waals surface area contributed by atoms with Crippen LogP contribution in [0.15, 0.2) is 47.4 Å². The summed E-state index contributed by atoms with van der Waals surface area (Å²) >= 11 is 0. The van der Waals surface area contributed by atoms with Crippen LogP contribution in [0.25, 0.3) is 0 Å². The van der Waals surface area contributed by atoms with Gasteiger partial charge in [0.05, 0.1) is 12.0 Å². The number of aryl methyl sites for hydroxylation is 1. The molecule has 0 unspecified atom stereocenters. The maximum atomic E-state index is 12.9. The summed E-state index contributed by atoms with van der Waals surface area (Å²) in [5.74, 6) is 0.606. The third kappa shape index (κ3) is 3.52. The number of carbonyl (C=O) groups is 1. The smallest absolute Gasteiger partial charge is 0.243 e.